The summed E-state index contributed by atoms with van der Waals surface area (Å²) in [5.41, 5.74) is 1.12. The molecule has 0 aromatic heterocycles. The van der Waals surface area contributed by atoms with Crippen molar-refractivity contribution in [3.8, 4) is 0 Å². The quantitative estimate of drug-likeness (QED) is 0.628. The van der Waals surface area contributed by atoms with Gasteiger partial charge in [-0.05, 0) is 44.9 Å². The molecule has 1 heterocycles. The summed E-state index contributed by atoms with van der Waals surface area (Å²) < 4.78 is 0.759. The molecule has 1 atom stereocenters. The van der Waals surface area contributed by atoms with E-state index in [-0.39, 0.29) is 10.6 Å². The largest absolute Gasteiger partial charge is 0.313 e. The van der Waals surface area contributed by atoms with Crippen LogP contribution in [0.5, 0.6) is 0 Å². The molecule has 21 heavy (non-hydrogen) atoms. The maximum atomic E-state index is 11.0. The van der Waals surface area contributed by atoms with Crippen LogP contribution in [0.3, 0.4) is 0 Å². The lowest BCUT2D eigenvalue weighted by Gasteiger charge is -2.29. The number of hydrogen-bond donors (Lipinski definition) is 1. The number of rotatable bonds is 6. The maximum absolute atomic E-state index is 11.0. The fourth-order valence-corrected chi connectivity index (χ4v) is 3.25. The number of halogens is 1. The Hall–Kier alpha value is -0.980. The molecule has 6 heteroatoms. The minimum Gasteiger partial charge on any atom is -0.313 e. The maximum Gasteiger partial charge on any atom is 0.270 e. The summed E-state index contributed by atoms with van der Waals surface area (Å²) in [6.45, 7) is 7.15. The van der Waals surface area contributed by atoms with Gasteiger partial charge < -0.3 is 5.32 Å². The molecule has 1 saturated heterocycles. The van der Waals surface area contributed by atoms with E-state index in [2.05, 4.69) is 40.0 Å². The van der Waals surface area contributed by atoms with Gasteiger partial charge in [0.2, 0.25) is 0 Å². The second kappa shape index (κ2) is 7.33. The van der Waals surface area contributed by atoms with Crippen molar-refractivity contribution < 1.29 is 4.92 Å². The van der Waals surface area contributed by atoms with Crippen LogP contribution in [0.4, 0.5) is 5.69 Å². The van der Waals surface area contributed by atoms with Gasteiger partial charge in [0.25, 0.3) is 5.69 Å². The molecule has 0 spiro atoms. The molecule has 1 unspecified atom stereocenters. The van der Waals surface area contributed by atoms with E-state index in [1.165, 1.54) is 12.8 Å². The summed E-state index contributed by atoms with van der Waals surface area (Å²) in [6.07, 6.45) is 2.45. The highest BCUT2D eigenvalue weighted by Crippen LogP contribution is 2.23. The molecular formula is C15H22BrN3O2. The third-order valence-electron chi connectivity index (χ3n) is 3.89. The van der Waals surface area contributed by atoms with E-state index in [1.807, 2.05) is 6.07 Å². The first-order valence-corrected chi connectivity index (χ1v) is 8.16. The SMILES string of the molecule is CC(C)N(Cc1cc(Br)cc([N+](=O)[O-])c1)CC1CCCN1. The number of hydrogen-bond acceptors (Lipinski definition) is 4. The molecule has 0 amide bonds. The van der Waals surface area contributed by atoms with Crippen molar-refractivity contribution in [1.29, 1.82) is 0 Å². The number of nitro groups is 1. The second-order valence-corrected chi connectivity index (χ2v) is 6.81. The first-order chi connectivity index (χ1) is 9.95. The molecule has 1 fully saturated rings. The average molecular weight is 356 g/mol. The van der Waals surface area contributed by atoms with Crippen LogP contribution in [-0.4, -0.2) is 35.0 Å². The molecule has 0 saturated carbocycles. The normalized spacial score (nSPS) is 18.6. The first-order valence-electron chi connectivity index (χ1n) is 7.37. The monoisotopic (exact) mass is 355 g/mol. The zero-order chi connectivity index (χ0) is 15.4. The number of benzene rings is 1. The highest BCUT2D eigenvalue weighted by molar-refractivity contribution is 9.10. The van der Waals surface area contributed by atoms with E-state index in [9.17, 15) is 10.1 Å². The molecule has 1 aliphatic rings. The first kappa shape index (κ1) is 16.4. The van der Waals surface area contributed by atoms with Gasteiger partial charge in [-0.15, -0.1) is 0 Å². The van der Waals surface area contributed by atoms with Crippen molar-refractivity contribution in [2.75, 3.05) is 13.1 Å². The molecule has 116 valence electrons. The van der Waals surface area contributed by atoms with Crippen molar-refractivity contribution in [3.63, 3.8) is 0 Å². The van der Waals surface area contributed by atoms with E-state index < -0.39 is 0 Å². The Bertz CT molecular complexity index is 502. The zero-order valence-electron chi connectivity index (χ0n) is 12.5. The van der Waals surface area contributed by atoms with Crippen LogP contribution in [0.2, 0.25) is 0 Å². The fraction of sp³-hybridized carbons (Fsp3) is 0.600. The topological polar surface area (TPSA) is 58.4 Å². The van der Waals surface area contributed by atoms with Crippen LogP contribution in [-0.2, 0) is 6.54 Å². The predicted octanol–water partition coefficient (Wildman–Crippen LogP) is 3.32. The number of non-ortho nitro benzene ring substituents is 1. The lowest BCUT2D eigenvalue weighted by atomic mass is 10.1. The Labute approximate surface area is 134 Å². The summed E-state index contributed by atoms with van der Waals surface area (Å²) in [4.78, 5) is 13.0. The molecule has 1 aromatic rings. The van der Waals surface area contributed by atoms with Gasteiger partial charge in [-0.1, -0.05) is 15.9 Å². The smallest absolute Gasteiger partial charge is 0.270 e. The van der Waals surface area contributed by atoms with Crippen molar-refractivity contribution in [1.82, 2.24) is 10.2 Å². The molecule has 0 aliphatic carbocycles. The van der Waals surface area contributed by atoms with Crippen LogP contribution in [0.25, 0.3) is 0 Å². The summed E-state index contributed by atoms with van der Waals surface area (Å²) in [6, 6.07) is 6.12. The van der Waals surface area contributed by atoms with Crippen molar-refractivity contribution in [3.05, 3.63) is 38.3 Å². The van der Waals surface area contributed by atoms with Crippen LogP contribution < -0.4 is 5.32 Å². The fourth-order valence-electron chi connectivity index (χ4n) is 2.72. The highest BCUT2D eigenvalue weighted by atomic mass is 79.9. The Morgan fingerprint density at radius 3 is 2.81 bits per heavy atom. The van der Waals surface area contributed by atoms with E-state index in [0.717, 1.165) is 29.7 Å². The van der Waals surface area contributed by atoms with Crippen molar-refractivity contribution in [2.45, 2.75) is 45.3 Å². The third kappa shape index (κ3) is 4.76. The van der Waals surface area contributed by atoms with Crippen LogP contribution >= 0.6 is 15.9 Å². The Kier molecular flexibility index (Phi) is 5.72. The Balaban J connectivity index is 2.10. The Morgan fingerprint density at radius 2 is 2.24 bits per heavy atom. The van der Waals surface area contributed by atoms with E-state index >= 15 is 0 Å². The molecule has 1 N–H and O–H groups in total. The molecule has 0 bridgehead atoms. The lowest BCUT2D eigenvalue weighted by molar-refractivity contribution is -0.385. The van der Waals surface area contributed by atoms with Gasteiger partial charge in [0.1, 0.15) is 0 Å². The standard InChI is InChI=1S/C15H22BrN3O2/c1-11(2)18(10-14-4-3-5-17-14)9-12-6-13(16)8-15(7-12)19(20)21/h6-8,11,14,17H,3-5,9-10H2,1-2H3. The average Bonchev–Trinajstić information content (AvgIpc) is 2.90. The van der Waals surface area contributed by atoms with Crippen LogP contribution in [0.1, 0.15) is 32.3 Å². The molecular weight excluding hydrogens is 334 g/mol. The van der Waals surface area contributed by atoms with E-state index in [4.69, 9.17) is 0 Å². The van der Waals surface area contributed by atoms with Crippen LogP contribution in [0, 0.1) is 10.1 Å². The van der Waals surface area contributed by atoms with Gasteiger partial charge in [-0.2, -0.15) is 0 Å². The van der Waals surface area contributed by atoms with Gasteiger partial charge in [0, 0.05) is 41.8 Å². The number of nitrogens with zero attached hydrogens (tertiary/aromatic N) is 2. The number of nitro benzene ring substituents is 1. The van der Waals surface area contributed by atoms with Crippen LogP contribution in [0.15, 0.2) is 22.7 Å². The lowest BCUT2D eigenvalue weighted by Crippen LogP contribution is -2.40. The van der Waals surface area contributed by atoms with Gasteiger partial charge in [0.05, 0.1) is 4.92 Å². The predicted molar refractivity (Wildman–Crippen MR) is 87.4 cm³/mol. The van der Waals surface area contributed by atoms with E-state index in [1.54, 1.807) is 12.1 Å². The Morgan fingerprint density at radius 1 is 1.48 bits per heavy atom. The van der Waals surface area contributed by atoms with Crippen molar-refractivity contribution >= 4 is 21.6 Å². The summed E-state index contributed by atoms with van der Waals surface area (Å²) >= 11 is 3.36. The zero-order valence-corrected chi connectivity index (χ0v) is 14.1. The molecule has 5 nitrogen and oxygen atoms in total. The minimum absolute atomic E-state index is 0.141. The summed E-state index contributed by atoms with van der Waals surface area (Å²) in [5, 5.41) is 14.5. The highest BCUT2D eigenvalue weighted by Gasteiger charge is 2.20. The van der Waals surface area contributed by atoms with Gasteiger partial charge in [0.15, 0.2) is 0 Å². The summed E-state index contributed by atoms with van der Waals surface area (Å²) in [7, 11) is 0. The minimum atomic E-state index is -0.341. The molecule has 0 radical (unpaired) electrons. The number of nitrogens with one attached hydrogen (secondary N) is 1. The van der Waals surface area contributed by atoms with Gasteiger partial charge in [-0.25, -0.2) is 0 Å². The third-order valence-corrected chi connectivity index (χ3v) is 4.34. The summed E-state index contributed by atoms with van der Waals surface area (Å²) in [5.74, 6) is 0. The second-order valence-electron chi connectivity index (χ2n) is 5.89. The molecule has 1 aliphatic heterocycles. The van der Waals surface area contributed by atoms with Crippen molar-refractivity contribution in [2.24, 2.45) is 0 Å². The molecule has 2 rings (SSSR count). The van der Waals surface area contributed by atoms with Gasteiger partial charge in [-0.3, -0.25) is 15.0 Å². The molecule has 1 aromatic carbocycles. The van der Waals surface area contributed by atoms with Gasteiger partial charge >= 0.3 is 0 Å². The van der Waals surface area contributed by atoms with E-state index in [0.29, 0.717) is 12.1 Å².